The molecule has 4 rings (SSSR count). The first-order chi connectivity index (χ1) is 15.5. The van der Waals surface area contributed by atoms with Crippen LogP contribution in [0.5, 0.6) is 5.75 Å². The molecule has 1 amide bonds. The second-order valence-electron chi connectivity index (χ2n) is 6.95. The van der Waals surface area contributed by atoms with Gasteiger partial charge in [0.25, 0.3) is 5.91 Å². The molecule has 1 heterocycles. The van der Waals surface area contributed by atoms with Gasteiger partial charge >= 0.3 is 0 Å². The Kier molecular flexibility index (Phi) is 6.66. The van der Waals surface area contributed by atoms with Gasteiger partial charge < -0.3 is 4.74 Å². The predicted octanol–water partition coefficient (Wildman–Crippen LogP) is 6.17. The van der Waals surface area contributed by atoms with E-state index >= 15 is 0 Å². The zero-order chi connectivity index (χ0) is 22.5. The smallest absolute Gasteiger partial charge is 0.266 e. The first kappa shape index (κ1) is 21.8. The highest BCUT2D eigenvalue weighted by Gasteiger charge is 2.32. The summed E-state index contributed by atoms with van der Waals surface area (Å²) in [6.07, 6.45) is 1.75. The van der Waals surface area contributed by atoms with E-state index in [2.05, 4.69) is 4.99 Å². The van der Waals surface area contributed by atoms with Crippen molar-refractivity contribution in [1.82, 2.24) is 4.90 Å². The predicted molar refractivity (Wildman–Crippen MR) is 124 cm³/mol. The third-order valence-electron chi connectivity index (χ3n) is 4.80. The Morgan fingerprint density at radius 3 is 2.47 bits per heavy atom. The zero-order valence-corrected chi connectivity index (χ0v) is 18.1. The van der Waals surface area contributed by atoms with E-state index < -0.39 is 0 Å². The Morgan fingerprint density at radius 2 is 1.72 bits per heavy atom. The normalized spacial score (nSPS) is 16.2. The lowest BCUT2D eigenvalue weighted by molar-refractivity contribution is -0.122. The number of rotatable bonds is 6. The highest BCUT2D eigenvalue weighted by atomic mass is 32.2. The lowest BCUT2D eigenvalue weighted by atomic mass is 10.1. The van der Waals surface area contributed by atoms with Gasteiger partial charge in [0.15, 0.2) is 5.17 Å². The molecule has 3 aromatic rings. The third-order valence-corrected chi connectivity index (χ3v) is 5.81. The number of ether oxygens (including phenoxy) is 1. The summed E-state index contributed by atoms with van der Waals surface area (Å²) in [6.45, 7) is 2.40. The summed E-state index contributed by atoms with van der Waals surface area (Å²) in [5, 5.41) is 0.528. The van der Waals surface area contributed by atoms with Crippen molar-refractivity contribution in [3.8, 4) is 5.75 Å². The number of amidine groups is 1. The van der Waals surface area contributed by atoms with E-state index in [0.717, 1.165) is 0 Å². The van der Waals surface area contributed by atoms with Gasteiger partial charge in [0, 0.05) is 17.7 Å². The molecule has 3 aromatic carbocycles. The lowest BCUT2D eigenvalue weighted by Gasteiger charge is -2.12. The molecule has 1 saturated heterocycles. The first-order valence-electron chi connectivity index (χ1n) is 10.1. The van der Waals surface area contributed by atoms with Crippen LogP contribution >= 0.6 is 11.8 Å². The fraction of sp³-hybridized carbons (Fsp3) is 0.120. The number of hydrogen-bond acceptors (Lipinski definition) is 4. The fourth-order valence-electron chi connectivity index (χ4n) is 3.14. The molecule has 0 aromatic heterocycles. The van der Waals surface area contributed by atoms with Crippen LogP contribution < -0.4 is 4.74 Å². The van der Waals surface area contributed by atoms with Crippen molar-refractivity contribution in [2.24, 2.45) is 4.99 Å². The van der Waals surface area contributed by atoms with Crippen LogP contribution in [0, 0.1) is 11.6 Å². The SMILES string of the molecule is CCN1C(=O)/C(=C\c2ccccc2OCc2ccccc2F)SC1=Nc1ccc(F)cc1. The Bertz CT molecular complexity index is 1190. The average Bonchev–Trinajstić information content (AvgIpc) is 3.09. The topological polar surface area (TPSA) is 41.9 Å². The third kappa shape index (κ3) is 4.89. The Morgan fingerprint density at radius 1 is 1.00 bits per heavy atom. The number of benzene rings is 3. The minimum atomic E-state index is -0.343. The first-order valence-corrected chi connectivity index (χ1v) is 10.9. The molecule has 0 N–H and O–H groups in total. The number of aliphatic imine (C=N–C) groups is 1. The van der Waals surface area contributed by atoms with Crippen molar-refractivity contribution in [1.29, 1.82) is 0 Å². The molecule has 0 unspecified atom stereocenters. The van der Waals surface area contributed by atoms with Gasteiger partial charge in [-0.05, 0) is 61.2 Å². The molecule has 0 aliphatic carbocycles. The molecule has 0 bridgehead atoms. The van der Waals surface area contributed by atoms with Crippen LogP contribution in [0.15, 0.2) is 82.7 Å². The summed E-state index contributed by atoms with van der Waals surface area (Å²) in [5.41, 5.74) is 1.72. The van der Waals surface area contributed by atoms with Crippen LogP contribution in [0.3, 0.4) is 0 Å². The van der Waals surface area contributed by atoms with E-state index in [9.17, 15) is 13.6 Å². The van der Waals surface area contributed by atoms with E-state index in [1.807, 2.05) is 25.1 Å². The van der Waals surface area contributed by atoms with Crippen LogP contribution in [-0.4, -0.2) is 22.5 Å². The van der Waals surface area contributed by atoms with E-state index in [-0.39, 0.29) is 24.1 Å². The number of likely N-dealkylation sites (N-methyl/N-ethyl adjacent to an activating group) is 1. The maximum atomic E-state index is 13.9. The van der Waals surface area contributed by atoms with Gasteiger partial charge in [-0.1, -0.05) is 36.4 Å². The van der Waals surface area contributed by atoms with Crippen LogP contribution in [0.2, 0.25) is 0 Å². The van der Waals surface area contributed by atoms with E-state index in [1.54, 1.807) is 47.4 Å². The number of carbonyl (C=O) groups is 1. The summed E-state index contributed by atoms with van der Waals surface area (Å²) >= 11 is 1.25. The summed E-state index contributed by atoms with van der Waals surface area (Å²) < 4.78 is 33.0. The molecule has 7 heteroatoms. The van der Waals surface area contributed by atoms with Crippen molar-refractivity contribution < 1.29 is 18.3 Å². The highest BCUT2D eigenvalue weighted by molar-refractivity contribution is 8.18. The maximum absolute atomic E-state index is 13.9. The molecule has 32 heavy (non-hydrogen) atoms. The van der Waals surface area contributed by atoms with E-state index in [0.29, 0.717) is 39.2 Å². The standard InChI is InChI=1S/C25H20F2N2O2S/c1-2-29-24(30)23(32-25(29)28-20-13-11-19(26)12-14-20)15-17-7-4-6-10-22(17)31-16-18-8-3-5-9-21(18)27/h3-15H,2,16H2,1H3/b23-15+,28-25?. The summed E-state index contributed by atoms with van der Waals surface area (Å²) in [4.78, 5) is 19.5. The number of para-hydroxylation sites is 1. The number of hydrogen-bond donors (Lipinski definition) is 0. The fourth-order valence-corrected chi connectivity index (χ4v) is 4.19. The van der Waals surface area contributed by atoms with E-state index in [1.165, 1.54) is 30.0 Å². The maximum Gasteiger partial charge on any atom is 0.266 e. The second kappa shape index (κ2) is 9.78. The molecule has 0 saturated carbocycles. The van der Waals surface area contributed by atoms with Crippen molar-refractivity contribution in [3.05, 3.63) is 100 Å². The molecular weight excluding hydrogens is 430 g/mol. The van der Waals surface area contributed by atoms with E-state index in [4.69, 9.17) is 4.74 Å². The molecule has 1 aliphatic heterocycles. The number of carbonyl (C=O) groups excluding carboxylic acids is 1. The van der Waals surface area contributed by atoms with Gasteiger partial charge in [-0.2, -0.15) is 0 Å². The van der Waals surface area contributed by atoms with Gasteiger partial charge in [-0.25, -0.2) is 13.8 Å². The van der Waals surface area contributed by atoms with Crippen LogP contribution in [0.1, 0.15) is 18.1 Å². The molecule has 0 atom stereocenters. The molecule has 1 aliphatic rings. The summed E-state index contributed by atoms with van der Waals surface area (Å²) in [7, 11) is 0. The van der Waals surface area contributed by atoms with Crippen molar-refractivity contribution in [2.75, 3.05) is 6.54 Å². The summed E-state index contributed by atoms with van der Waals surface area (Å²) in [5.74, 6) is -0.292. The Hall–Kier alpha value is -3.45. The van der Waals surface area contributed by atoms with Crippen molar-refractivity contribution >= 4 is 34.6 Å². The number of halogens is 2. The molecule has 0 radical (unpaired) electrons. The molecule has 4 nitrogen and oxygen atoms in total. The molecule has 0 spiro atoms. The summed E-state index contributed by atoms with van der Waals surface area (Å²) in [6, 6.07) is 19.5. The van der Waals surface area contributed by atoms with Gasteiger partial charge in [-0.15, -0.1) is 0 Å². The Balaban J connectivity index is 1.59. The quantitative estimate of drug-likeness (QED) is 0.422. The van der Waals surface area contributed by atoms with Gasteiger partial charge in [0.05, 0.1) is 10.6 Å². The average molecular weight is 451 g/mol. The largest absolute Gasteiger partial charge is 0.488 e. The molecule has 162 valence electrons. The van der Waals surface area contributed by atoms with Gasteiger partial charge in [0.1, 0.15) is 24.0 Å². The van der Waals surface area contributed by atoms with Gasteiger partial charge in [0.2, 0.25) is 0 Å². The number of amides is 1. The molecular formula is C25H20F2N2O2S. The van der Waals surface area contributed by atoms with Crippen molar-refractivity contribution in [2.45, 2.75) is 13.5 Å². The highest BCUT2D eigenvalue weighted by Crippen LogP contribution is 2.35. The minimum absolute atomic E-state index is 0.0757. The minimum Gasteiger partial charge on any atom is -0.488 e. The Labute approximate surface area is 189 Å². The monoisotopic (exact) mass is 450 g/mol. The van der Waals surface area contributed by atoms with Crippen molar-refractivity contribution in [3.63, 3.8) is 0 Å². The number of nitrogens with zero attached hydrogens (tertiary/aromatic N) is 2. The molecule has 1 fully saturated rings. The van der Waals surface area contributed by atoms with Crippen LogP contribution in [0.4, 0.5) is 14.5 Å². The lowest BCUT2D eigenvalue weighted by Crippen LogP contribution is -2.28. The van der Waals surface area contributed by atoms with Crippen LogP contribution in [-0.2, 0) is 11.4 Å². The second-order valence-corrected chi connectivity index (χ2v) is 7.96. The zero-order valence-electron chi connectivity index (χ0n) is 17.3. The van der Waals surface area contributed by atoms with Gasteiger partial charge in [-0.3, -0.25) is 9.69 Å². The van der Waals surface area contributed by atoms with Crippen LogP contribution in [0.25, 0.3) is 6.08 Å². The number of thioether (sulfide) groups is 1.